The van der Waals surface area contributed by atoms with E-state index in [0.29, 0.717) is 35.9 Å². The van der Waals surface area contributed by atoms with Crippen molar-refractivity contribution in [3.8, 4) is 6.07 Å². The average Bonchev–Trinajstić information content (AvgIpc) is 3.06. The Morgan fingerprint density at radius 2 is 1.48 bits per heavy atom. The average molecular weight is 432 g/mol. The number of fused-ring (bicyclic) bond motifs is 1. The molecule has 2 fully saturated rings. The molecule has 1 aromatic rings. The number of carboxylic acid groups (broad SMARTS) is 4. The van der Waals surface area contributed by atoms with Crippen molar-refractivity contribution >= 4 is 29.6 Å². The van der Waals surface area contributed by atoms with Crippen molar-refractivity contribution in [2.75, 3.05) is 24.5 Å². The van der Waals surface area contributed by atoms with Gasteiger partial charge in [-0.25, -0.2) is 19.2 Å². The Bertz CT molecular complexity index is 856. The number of anilines is 1. The lowest BCUT2D eigenvalue weighted by atomic mass is 9.91. The summed E-state index contributed by atoms with van der Waals surface area (Å²) >= 11 is 0. The van der Waals surface area contributed by atoms with Gasteiger partial charge in [-0.05, 0) is 6.07 Å². The predicted octanol–water partition coefficient (Wildman–Crippen LogP) is -0.215. The molecule has 0 bridgehead atoms. The fourth-order valence-electron chi connectivity index (χ4n) is 2.75. The summed E-state index contributed by atoms with van der Waals surface area (Å²) in [7, 11) is 0. The number of nitriles is 1. The molecule has 1 aromatic heterocycles. The molecule has 5 N–H and O–H groups in total. The number of nitrogens with zero attached hydrogens (tertiary/aromatic N) is 3. The Hall–Kier alpha value is -4.24. The maximum atomic E-state index is 9.55. The van der Waals surface area contributed by atoms with E-state index in [1.54, 1.807) is 6.20 Å². The third kappa shape index (κ3) is 9.20. The number of aromatic nitrogens is 1. The Morgan fingerprint density at radius 1 is 0.968 bits per heavy atom. The van der Waals surface area contributed by atoms with E-state index in [0.717, 1.165) is 31.2 Å². The van der Waals surface area contributed by atoms with Crippen LogP contribution in [0.15, 0.2) is 42.8 Å². The van der Waals surface area contributed by atoms with Crippen molar-refractivity contribution in [1.82, 2.24) is 10.3 Å². The van der Waals surface area contributed by atoms with Crippen molar-refractivity contribution in [2.24, 2.45) is 5.92 Å². The van der Waals surface area contributed by atoms with Crippen LogP contribution in [0.4, 0.5) is 5.69 Å². The van der Waals surface area contributed by atoms with Gasteiger partial charge in [-0.15, -0.1) is 0 Å². The monoisotopic (exact) mass is 432 g/mol. The molecule has 164 valence electrons. The predicted molar refractivity (Wildman–Crippen MR) is 105 cm³/mol. The maximum absolute atomic E-state index is 9.55. The van der Waals surface area contributed by atoms with Gasteiger partial charge in [-0.1, -0.05) is 0 Å². The van der Waals surface area contributed by atoms with Crippen LogP contribution in [0.3, 0.4) is 0 Å². The fraction of sp³-hybridized carbons (Fsp3) is 0.263. The van der Waals surface area contributed by atoms with E-state index in [4.69, 9.17) is 25.7 Å². The van der Waals surface area contributed by atoms with Gasteiger partial charge in [0.05, 0.1) is 17.4 Å². The van der Waals surface area contributed by atoms with Crippen LogP contribution in [0.1, 0.15) is 5.56 Å². The first-order chi connectivity index (χ1) is 14.6. The zero-order chi connectivity index (χ0) is 23.4. The molecule has 2 aliphatic rings. The van der Waals surface area contributed by atoms with E-state index in [2.05, 4.69) is 21.3 Å². The molecule has 31 heavy (non-hydrogen) atoms. The molecule has 0 amide bonds. The maximum Gasteiger partial charge on any atom is 0.328 e. The summed E-state index contributed by atoms with van der Waals surface area (Å²) in [5, 5.41) is 43.4. The van der Waals surface area contributed by atoms with Gasteiger partial charge in [0.1, 0.15) is 6.07 Å². The highest BCUT2D eigenvalue weighted by Gasteiger charge is 2.42. The van der Waals surface area contributed by atoms with E-state index >= 15 is 0 Å². The Kier molecular flexibility index (Phi) is 9.88. The normalized spacial score (nSPS) is 18.5. The molecule has 0 aliphatic carbocycles. The van der Waals surface area contributed by atoms with Gasteiger partial charge < -0.3 is 30.6 Å². The SMILES string of the molecule is N#Cc1cncc(N2C[C@@H]3CNC[C@@H]32)c1.O=C(O)/C=C/C(=O)O.O=C(O)/C=C/C(=O)O. The van der Waals surface area contributed by atoms with Crippen molar-refractivity contribution in [2.45, 2.75) is 6.04 Å². The minimum atomic E-state index is -1.26. The number of hydrogen-bond donors (Lipinski definition) is 5. The van der Waals surface area contributed by atoms with Crippen LogP contribution in [-0.4, -0.2) is 75.0 Å². The molecule has 0 saturated carbocycles. The number of carbonyl (C=O) groups is 4. The first-order valence-electron chi connectivity index (χ1n) is 8.74. The third-order valence-corrected chi connectivity index (χ3v) is 4.06. The lowest BCUT2D eigenvalue weighted by molar-refractivity contribution is -0.134. The molecule has 0 spiro atoms. The number of nitrogens with one attached hydrogen (secondary N) is 1. The van der Waals surface area contributed by atoms with Crippen molar-refractivity contribution in [3.63, 3.8) is 0 Å². The Labute approximate surface area is 176 Å². The zero-order valence-electron chi connectivity index (χ0n) is 16.1. The summed E-state index contributed by atoms with van der Waals surface area (Å²) < 4.78 is 0. The molecule has 3 rings (SSSR count). The van der Waals surface area contributed by atoms with E-state index in [1.165, 1.54) is 0 Å². The topological polar surface area (TPSA) is 201 Å². The second-order valence-electron chi connectivity index (χ2n) is 6.20. The second-order valence-corrected chi connectivity index (χ2v) is 6.20. The second kappa shape index (κ2) is 12.3. The standard InChI is InChI=1S/C11H12N4.2C4H4O4/c12-2-8-1-10(5-13-3-8)15-7-9-4-14-6-11(9)15;2*5-3(6)1-2-4(7)8/h1,3,5,9,11,14H,4,6-7H2;2*1-2H,(H,5,6)(H,7,8)/b;2*2-1+/t9-,11-;;/m0../s1. The molecule has 3 heterocycles. The first-order valence-corrected chi connectivity index (χ1v) is 8.74. The highest BCUT2D eigenvalue weighted by atomic mass is 16.4. The van der Waals surface area contributed by atoms with Crippen LogP contribution in [0, 0.1) is 17.2 Å². The summed E-state index contributed by atoms with van der Waals surface area (Å²) in [6.07, 6.45) is 5.68. The van der Waals surface area contributed by atoms with Crippen LogP contribution in [0.2, 0.25) is 0 Å². The molecule has 0 aromatic carbocycles. The Balaban J connectivity index is 0.000000259. The largest absolute Gasteiger partial charge is 0.478 e. The highest BCUT2D eigenvalue weighted by molar-refractivity contribution is 5.90. The van der Waals surface area contributed by atoms with E-state index in [-0.39, 0.29) is 0 Å². The van der Waals surface area contributed by atoms with Crippen LogP contribution >= 0.6 is 0 Å². The van der Waals surface area contributed by atoms with E-state index < -0.39 is 23.9 Å². The third-order valence-electron chi connectivity index (χ3n) is 4.06. The van der Waals surface area contributed by atoms with Gasteiger partial charge in [0.25, 0.3) is 0 Å². The molecule has 0 radical (unpaired) electrons. The molecule has 0 unspecified atom stereocenters. The van der Waals surface area contributed by atoms with Crippen molar-refractivity contribution in [3.05, 3.63) is 48.3 Å². The molecule has 12 heteroatoms. The summed E-state index contributed by atoms with van der Waals surface area (Å²) in [5.41, 5.74) is 1.72. The van der Waals surface area contributed by atoms with Gasteiger partial charge in [-0.3, -0.25) is 4.98 Å². The zero-order valence-corrected chi connectivity index (χ0v) is 16.1. The minimum Gasteiger partial charge on any atom is -0.478 e. The molecule has 12 nitrogen and oxygen atoms in total. The molecule has 2 aliphatic heterocycles. The van der Waals surface area contributed by atoms with Gasteiger partial charge in [0, 0.05) is 62.1 Å². The van der Waals surface area contributed by atoms with Gasteiger partial charge in [0.15, 0.2) is 0 Å². The van der Waals surface area contributed by atoms with Gasteiger partial charge in [0.2, 0.25) is 0 Å². The molecular weight excluding hydrogens is 412 g/mol. The van der Waals surface area contributed by atoms with Crippen LogP contribution in [0.5, 0.6) is 0 Å². The van der Waals surface area contributed by atoms with Gasteiger partial charge in [-0.2, -0.15) is 5.26 Å². The van der Waals surface area contributed by atoms with Gasteiger partial charge >= 0.3 is 23.9 Å². The summed E-state index contributed by atoms with van der Waals surface area (Å²) in [6, 6.07) is 4.66. The highest BCUT2D eigenvalue weighted by Crippen LogP contribution is 2.32. The van der Waals surface area contributed by atoms with Crippen LogP contribution < -0.4 is 10.2 Å². The fourth-order valence-corrected chi connectivity index (χ4v) is 2.75. The number of hydrogen-bond acceptors (Lipinski definition) is 8. The van der Waals surface area contributed by atoms with Crippen LogP contribution in [0.25, 0.3) is 0 Å². The van der Waals surface area contributed by atoms with Crippen molar-refractivity contribution in [1.29, 1.82) is 5.26 Å². The summed E-state index contributed by atoms with van der Waals surface area (Å²) in [4.78, 5) is 44.6. The lowest BCUT2D eigenvalue weighted by Gasteiger charge is -2.45. The minimum absolute atomic E-state index is 0.558. The Morgan fingerprint density at radius 3 is 1.90 bits per heavy atom. The van der Waals surface area contributed by atoms with Crippen LogP contribution in [-0.2, 0) is 19.2 Å². The lowest BCUT2D eigenvalue weighted by Crippen LogP contribution is -2.55. The molecule has 2 atom stereocenters. The molecular formula is C19H20N4O8. The molecule has 2 saturated heterocycles. The number of aliphatic carboxylic acids is 4. The summed E-state index contributed by atoms with van der Waals surface area (Å²) in [6.45, 7) is 3.28. The van der Waals surface area contributed by atoms with Crippen molar-refractivity contribution < 1.29 is 39.6 Å². The quantitative estimate of drug-likeness (QED) is 0.384. The summed E-state index contributed by atoms with van der Waals surface area (Å²) in [5.74, 6) is -4.24. The first kappa shape index (κ1) is 24.8. The number of pyridine rings is 1. The number of rotatable bonds is 5. The van der Waals surface area contributed by atoms with E-state index in [9.17, 15) is 19.2 Å². The smallest absolute Gasteiger partial charge is 0.328 e. The van der Waals surface area contributed by atoms with E-state index in [1.807, 2.05) is 12.3 Å². The number of carboxylic acids is 4.